The first-order valence-electron chi connectivity index (χ1n) is 7.57. The highest BCUT2D eigenvalue weighted by atomic mass is 32.1. The fraction of sp³-hybridized carbons (Fsp3) is 0.867. The van der Waals surface area contributed by atoms with Crippen molar-refractivity contribution in [3.8, 4) is 0 Å². The van der Waals surface area contributed by atoms with Gasteiger partial charge in [-0.2, -0.15) is 0 Å². The van der Waals surface area contributed by atoms with Crippen molar-refractivity contribution in [3.63, 3.8) is 0 Å². The number of nitrogens with one attached hydrogen (secondary N) is 1. The molecule has 1 aliphatic carbocycles. The third-order valence-electron chi connectivity index (χ3n) is 3.62. The van der Waals surface area contributed by atoms with Crippen molar-refractivity contribution in [1.82, 2.24) is 5.32 Å². The van der Waals surface area contributed by atoms with Crippen LogP contribution < -0.4 is 11.1 Å². The Bertz CT molecular complexity index is 333. The highest BCUT2D eigenvalue weighted by Gasteiger charge is 2.22. The van der Waals surface area contributed by atoms with Crippen molar-refractivity contribution < 1.29 is 9.53 Å². The summed E-state index contributed by atoms with van der Waals surface area (Å²) in [4.78, 5) is 12.1. The van der Waals surface area contributed by atoms with E-state index in [2.05, 4.69) is 5.32 Å². The molecule has 0 saturated heterocycles. The quantitative estimate of drug-likeness (QED) is 0.762. The first-order chi connectivity index (χ1) is 9.28. The number of hydrogen-bond donors (Lipinski definition) is 2. The average Bonchev–Trinajstić information content (AvgIpc) is 2.33. The number of thiocarbonyl (C=S) groups is 1. The smallest absolute Gasteiger partial charge is 0.408 e. The van der Waals surface area contributed by atoms with Crippen LogP contribution in [0.2, 0.25) is 0 Å². The topological polar surface area (TPSA) is 64.3 Å². The summed E-state index contributed by atoms with van der Waals surface area (Å²) < 4.78 is 5.24. The minimum atomic E-state index is -0.506. The van der Waals surface area contributed by atoms with E-state index in [0.29, 0.717) is 4.99 Å². The first-order valence-corrected chi connectivity index (χ1v) is 7.97. The Morgan fingerprint density at radius 1 is 1.35 bits per heavy atom. The predicted molar refractivity (Wildman–Crippen MR) is 85.8 cm³/mol. The second-order valence-corrected chi connectivity index (χ2v) is 7.15. The van der Waals surface area contributed by atoms with Crippen molar-refractivity contribution >= 4 is 23.3 Å². The summed E-state index contributed by atoms with van der Waals surface area (Å²) in [5, 5.41) is 2.79. The van der Waals surface area contributed by atoms with Gasteiger partial charge in [0.25, 0.3) is 0 Å². The molecule has 1 rings (SSSR count). The number of carbonyl (C=O) groups excluding carboxylic acids is 1. The summed E-state index contributed by atoms with van der Waals surface area (Å²) in [6, 6.07) is -0.262. The van der Waals surface area contributed by atoms with Gasteiger partial charge in [-0.1, -0.05) is 44.3 Å². The van der Waals surface area contributed by atoms with Gasteiger partial charge in [-0.3, -0.25) is 0 Å². The maximum Gasteiger partial charge on any atom is 0.408 e. The van der Waals surface area contributed by atoms with E-state index in [1.807, 2.05) is 20.8 Å². The van der Waals surface area contributed by atoms with Crippen molar-refractivity contribution in [2.45, 2.75) is 77.4 Å². The molecule has 20 heavy (non-hydrogen) atoms. The summed E-state index contributed by atoms with van der Waals surface area (Å²) in [6.07, 6.45) is 8.00. The molecule has 3 N–H and O–H groups in total. The van der Waals surface area contributed by atoms with Gasteiger partial charge < -0.3 is 15.8 Å². The third-order valence-corrected chi connectivity index (χ3v) is 3.91. The molecule has 1 atom stereocenters. The summed E-state index contributed by atoms with van der Waals surface area (Å²) in [5.41, 5.74) is 5.22. The van der Waals surface area contributed by atoms with Crippen LogP contribution in [-0.4, -0.2) is 22.7 Å². The molecule has 1 saturated carbocycles. The Morgan fingerprint density at radius 3 is 2.45 bits per heavy atom. The van der Waals surface area contributed by atoms with Gasteiger partial charge in [0.05, 0.1) is 11.0 Å². The maximum absolute atomic E-state index is 11.8. The lowest BCUT2D eigenvalue weighted by atomic mass is 9.85. The second kappa shape index (κ2) is 7.81. The Morgan fingerprint density at radius 2 is 1.95 bits per heavy atom. The lowest BCUT2D eigenvalue weighted by Crippen LogP contribution is -2.45. The van der Waals surface area contributed by atoms with E-state index < -0.39 is 11.7 Å². The standard InChI is InChI=1S/C15H28N2O2S/c1-15(2,3)19-14(18)17-12(13(16)20)10-9-11-7-5-4-6-8-11/h11-12H,4-10H2,1-3H3,(H2,16,20)(H,17,18). The van der Waals surface area contributed by atoms with Crippen molar-refractivity contribution in [2.75, 3.05) is 0 Å². The highest BCUT2D eigenvalue weighted by Crippen LogP contribution is 2.27. The van der Waals surface area contributed by atoms with E-state index in [0.717, 1.165) is 18.8 Å². The SMILES string of the molecule is CC(C)(C)OC(=O)NC(CCC1CCCCC1)C(N)=S. The van der Waals surface area contributed by atoms with Crippen LogP contribution in [-0.2, 0) is 4.74 Å². The Balaban J connectivity index is 2.39. The molecule has 0 aromatic carbocycles. The Hall–Kier alpha value is -0.840. The number of alkyl carbamates (subject to hydrolysis) is 1. The minimum absolute atomic E-state index is 0.262. The van der Waals surface area contributed by atoms with Gasteiger partial charge in [0.15, 0.2) is 0 Å². The molecule has 1 aliphatic rings. The number of rotatable bonds is 5. The molecule has 116 valence electrons. The molecule has 1 fully saturated rings. The minimum Gasteiger partial charge on any atom is -0.444 e. The van der Waals surface area contributed by atoms with E-state index in [1.165, 1.54) is 32.1 Å². The van der Waals surface area contributed by atoms with E-state index in [9.17, 15) is 4.79 Å². The van der Waals surface area contributed by atoms with Crippen LogP contribution >= 0.6 is 12.2 Å². The van der Waals surface area contributed by atoms with Gasteiger partial charge in [0, 0.05) is 0 Å². The third kappa shape index (κ3) is 7.08. The van der Waals surface area contributed by atoms with E-state index in [1.54, 1.807) is 0 Å². The lowest BCUT2D eigenvalue weighted by Gasteiger charge is -2.26. The van der Waals surface area contributed by atoms with E-state index >= 15 is 0 Å². The lowest BCUT2D eigenvalue weighted by molar-refractivity contribution is 0.0515. The average molecular weight is 300 g/mol. The van der Waals surface area contributed by atoms with Crippen molar-refractivity contribution in [2.24, 2.45) is 11.7 Å². The van der Waals surface area contributed by atoms with Gasteiger partial charge in [-0.15, -0.1) is 0 Å². The normalized spacial score (nSPS) is 18.4. The Kier molecular flexibility index (Phi) is 6.72. The predicted octanol–water partition coefficient (Wildman–Crippen LogP) is 3.53. The first kappa shape index (κ1) is 17.2. The van der Waals surface area contributed by atoms with Crippen LogP contribution in [0, 0.1) is 5.92 Å². The number of carbonyl (C=O) groups is 1. The molecule has 0 aromatic heterocycles. The Labute approximate surface area is 127 Å². The number of hydrogen-bond acceptors (Lipinski definition) is 3. The van der Waals surface area contributed by atoms with Crippen LogP contribution in [0.5, 0.6) is 0 Å². The fourth-order valence-corrected chi connectivity index (χ4v) is 2.79. The van der Waals surface area contributed by atoms with Crippen LogP contribution in [0.15, 0.2) is 0 Å². The summed E-state index contributed by atoms with van der Waals surface area (Å²) in [6.45, 7) is 5.51. The number of amides is 1. The van der Waals surface area contributed by atoms with E-state index in [-0.39, 0.29) is 6.04 Å². The zero-order valence-corrected chi connectivity index (χ0v) is 13.7. The molecular formula is C15H28N2O2S. The van der Waals surface area contributed by atoms with Gasteiger partial charge in [0.1, 0.15) is 5.60 Å². The summed E-state index contributed by atoms with van der Waals surface area (Å²) >= 11 is 5.05. The molecule has 0 heterocycles. The van der Waals surface area contributed by atoms with E-state index in [4.69, 9.17) is 22.7 Å². The van der Waals surface area contributed by atoms with Gasteiger partial charge >= 0.3 is 6.09 Å². The molecule has 0 bridgehead atoms. The van der Waals surface area contributed by atoms with Gasteiger partial charge in [0.2, 0.25) is 0 Å². The largest absolute Gasteiger partial charge is 0.444 e. The molecule has 0 spiro atoms. The highest BCUT2D eigenvalue weighted by molar-refractivity contribution is 7.80. The van der Waals surface area contributed by atoms with Crippen LogP contribution in [0.4, 0.5) is 4.79 Å². The zero-order chi connectivity index (χ0) is 15.2. The second-order valence-electron chi connectivity index (χ2n) is 6.68. The monoisotopic (exact) mass is 300 g/mol. The molecule has 0 aliphatic heterocycles. The maximum atomic E-state index is 11.8. The molecule has 4 nitrogen and oxygen atoms in total. The van der Waals surface area contributed by atoms with Crippen LogP contribution in [0.1, 0.15) is 65.7 Å². The number of ether oxygens (including phenoxy) is 1. The molecular weight excluding hydrogens is 272 g/mol. The fourth-order valence-electron chi connectivity index (χ4n) is 2.61. The molecule has 0 aromatic rings. The summed E-state index contributed by atoms with van der Waals surface area (Å²) in [7, 11) is 0. The molecule has 1 amide bonds. The molecule has 0 radical (unpaired) electrons. The van der Waals surface area contributed by atoms with Crippen molar-refractivity contribution in [1.29, 1.82) is 0 Å². The zero-order valence-electron chi connectivity index (χ0n) is 12.9. The van der Waals surface area contributed by atoms with Gasteiger partial charge in [-0.25, -0.2) is 4.79 Å². The summed E-state index contributed by atoms with van der Waals surface area (Å²) in [5.74, 6) is 0.751. The molecule has 5 heteroatoms. The van der Waals surface area contributed by atoms with Crippen LogP contribution in [0.25, 0.3) is 0 Å². The van der Waals surface area contributed by atoms with Gasteiger partial charge in [-0.05, 0) is 39.5 Å². The number of nitrogens with two attached hydrogens (primary N) is 1. The van der Waals surface area contributed by atoms with Crippen LogP contribution in [0.3, 0.4) is 0 Å². The molecule has 1 unspecified atom stereocenters. The van der Waals surface area contributed by atoms with Crippen molar-refractivity contribution in [3.05, 3.63) is 0 Å².